The summed E-state index contributed by atoms with van der Waals surface area (Å²) in [5.41, 5.74) is 0.902. The van der Waals surface area contributed by atoms with Crippen LogP contribution < -0.4 is 10.6 Å². The zero-order chi connectivity index (χ0) is 12.1. The Morgan fingerprint density at radius 3 is 3.12 bits per heavy atom. The topological polar surface area (TPSA) is 54.0 Å². The third-order valence-electron chi connectivity index (χ3n) is 3.14. The van der Waals surface area contributed by atoms with E-state index in [1.165, 1.54) is 0 Å². The van der Waals surface area contributed by atoms with Crippen LogP contribution in [0.4, 0.5) is 0 Å². The first-order chi connectivity index (χ1) is 8.18. The molecular formula is C13H19N3O. The van der Waals surface area contributed by atoms with Crippen molar-refractivity contribution in [3.05, 3.63) is 30.1 Å². The summed E-state index contributed by atoms with van der Waals surface area (Å²) in [6, 6.07) is 5.78. The highest BCUT2D eigenvalue weighted by atomic mass is 16.1. The van der Waals surface area contributed by atoms with Crippen molar-refractivity contribution < 1.29 is 4.79 Å². The summed E-state index contributed by atoms with van der Waals surface area (Å²) in [6.07, 6.45) is 3.97. The molecule has 4 nitrogen and oxygen atoms in total. The first-order valence-corrected chi connectivity index (χ1v) is 6.10. The Kier molecular flexibility index (Phi) is 3.74. The molecule has 1 aliphatic rings. The molecule has 2 rings (SSSR count). The van der Waals surface area contributed by atoms with E-state index in [0.717, 1.165) is 25.2 Å². The van der Waals surface area contributed by atoms with Gasteiger partial charge in [0.15, 0.2) is 0 Å². The number of carbonyl (C=O) groups is 1. The van der Waals surface area contributed by atoms with Crippen LogP contribution in [0.5, 0.6) is 0 Å². The van der Waals surface area contributed by atoms with Gasteiger partial charge in [0.05, 0.1) is 5.54 Å². The molecule has 0 saturated carbocycles. The molecular weight excluding hydrogens is 214 g/mol. The summed E-state index contributed by atoms with van der Waals surface area (Å²) in [6.45, 7) is 3.94. The molecule has 0 aliphatic carbocycles. The molecule has 92 valence electrons. The van der Waals surface area contributed by atoms with Crippen molar-refractivity contribution in [1.82, 2.24) is 15.6 Å². The van der Waals surface area contributed by atoms with Crippen LogP contribution in [0, 0.1) is 0 Å². The van der Waals surface area contributed by atoms with Crippen LogP contribution in [-0.4, -0.2) is 29.5 Å². The van der Waals surface area contributed by atoms with Crippen LogP contribution in [0.3, 0.4) is 0 Å². The third-order valence-corrected chi connectivity index (χ3v) is 3.14. The first-order valence-electron chi connectivity index (χ1n) is 6.10. The number of rotatable bonds is 4. The Morgan fingerprint density at radius 1 is 1.59 bits per heavy atom. The van der Waals surface area contributed by atoms with Crippen LogP contribution in [-0.2, 0) is 11.2 Å². The molecule has 0 aromatic carbocycles. The summed E-state index contributed by atoms with van der Waals surface area (Å²) < 4.78 is 0. The number of amides is 1. The maximum Gasteiger partial charge on any atom is 0.220 e. The maximum atomic E-state index is 11.8. The molecule has 1 amide bonds. The van der Waals surface area contributed by atoms with Crippen molar-refractivity contribution in [1.29, 1.82) is 0 Å². The zero-order valence-corrected chi connectivity index (χ0v) is 10.2. The van der Waals surface area contributed by atoms with Crippen molar-refractivity contribution in [2.45, 2.75) is 31.7 Å². The summed E-state index contributed by atoms with van der Waals surface area (Å²) in [5, 5.41) is 6.36. The van der Waals surface area contributed by atoms with Crippen LogP contribution in [0.2, 0.25) is 0 Å². The van der Waals surface area contributed by atoms with Gasteiger partial charge in [0.2, 0.25) is 5.91 Å². The van der Waals surface area contributed by atoms with Gasteiger partial charge >= 0.3 is 0 Å². The maximum absolute atomic E-state index is 11.8. The van der Waals surface area contributed by atoms with Gasteiger partial charge in [-0.2, -0.15) is 0 Å². The van der Waals surface area contributed by atoms with E-state index in [4.69, 9.17) is 0 Å². The SMILES string of the molecule is CC1(NC(=O)CCc2ccccn2)CCNC1. The minimum absolute atomic E-state index is 0.0683. The highest BCUT2D eigenvalue weighted by molar-refractivity contribution is 5.77. The summed E-state index contributed by atoms with van der Waals surface area (Å²) in [5.74, 6) is 0.113. The zero-order valence-electron chi connectivity index (χ0n) is 10.2. The van der Waals surface area contributed by atoms with Crippen molar-refractivity contribution >= 4 is 5.91 Å². The van der Waals surface area contributed by atoms with Crippen LogP contribution in [0.1, 0.15) is 25.5 Å². The molecule has 1 atom stereocenters. The molecule has 0 spiro atoms. The van der Waals surface area contributed by atoms with Gasteiger partial charge in [-0.3, -0.25) is 9.78 Å². The number of aryl methyl sites for hydroxylation is 1. The largest absolute Gasteiger partial charge is 0.350 e. The smallest absolute Gasteiger partial charge is 0.220 e. The highest BCUT2D eigenvalue weighted by Crippen LogP contribution is 2.13. The van der Waals surface area contributed by atoms with Gasteiger partial charge in [-0.05, 0) is 38.4 Å². The average molecular weight is 233 g/mol. The predicted molar refractivity (Wildman–Crippen MR) is 66.6 cm³/mol. The summed E-state index contributed by atoms with van der Waals surface area (Å²) in [7, 11) is 0. The Hall–Kier alpha value is -1.42. The van der Waals surface area contributed by atoms with Crippen molar-refractivity contribution in [3.8, 4) is 0 Å². The molecule has 17 heavy (non-hydrogen) atoms. The monoisotopic (exact) mass is 233 g/mol. The molecule has 2 N–H and O–H groups in total. The Balaban J connectivity index is 1.78. The highest BCUT2D eigenvalue weighted by Gasteiger charge is 2.29. The van der Waals surface area contributed by atoms with Crippen LogP contribution in [0.25, 0.3) is 0 Å². The second-order valence-electron chi connectivity index (χ2n) is 4.86. The number of hydrogen-bond acceptors (Lipinski definition) is 3. The second-order valence-corrected chi connectivity index (χ2v) is 4.86. The fourth-order valence-electron chi connectivity index (χ4n) is 2.11. The Bertz CT molecular complexity index is 372. The minimum Gasteiger partial charge on any atom is -0.350 e. The lowest BCUT2D eigenvalue weighted by Gasteiger charge is -2.24. The average Bonchev–Trinajstić information content (AvgIpc) is 2.74. The molecule has 1 aromatic rings. The van der Waals surface area contributed by atoms with E-state index in [-0.39, 0.29) is 11.4 Å². The molecule has 4 heteroatoms. The quantitative estimate of drug-likeness (QED) is 0.812. The van der Waals surface area contributed by atoms with Crippen LogP contribution >= 0.6 is 0 Å². The lowest BCUT2D eigenvalue weighted by atomic mass is 10.0. The van der Waals surface area contributed by atoms with E-state index in [1.807, 2.05) is 18.2 Å². The number of nitrogens with one attached hydrogen (secondary N) is 2. The Morgan fingerprint density at radius 2 is 2.47 bits per heavy atom. The number of nitrogens with zero attached hydrogens (tertiary/aromatic N) is 1. The van der Waals surface area contributed by atoms with Gasteiger partial charge in [0, 0.05) is 24.9 Å². The summed E-state index contributed by atoms with van der Waals surface area (Å²) >= 11 is 0. The van der Waals surface area contributed by atoms with Crippen molar-refractivity contribution in [2.75, 3.05) is 13.1 Å². The van der Waals surface area contributed by atoms with Gasteiger partial charge in [0.25, 0.3) is 0 Å². The normalized spacial score (nSPS) is 23.6. The number of carbonyl (C=O) groups excluding carboxylic acids is 1. The molecule has 1 aliphatic heterocycles. The van der Waals surface area contributed by atoms with E-state index in [0.29, 0.717) is 12.8 Å². The van der Waals surface area contributed by atoms with Crippen molar-refractivity contribution in [3.63, 3.8) is 0 Å². The molecule has 1 saturated heterocycles. The lowest BCUT2D eigenvalue weighted by molar-refractivity contribution is -0.122. The second kappa shape index (κ2) is 5.27. The fraction of sp³-hybridized carbons (Fsp3) is 0.538. The van der Waals surface area contributed by atoms with E-state index >= 15 is 0 Å². The third kappa shape index (κ3) is 3.53. The van der Waals surface area contributed by atoms with Crippen molar-refractivity contribution in [2.24, 2.45) is 0 Å². The molecule has 2 heterocycles. The summed E-state index contributed by atoms with van der Waals surface area (Å²) in [4.78, 5) is 16.0. The standard InChI is InChI=1S/C13H19N3O/c1-13(7-9-14-10-13)16-12(17)6-5-11-4-2-3-8-15-11/h2-4,8,14H,5-7,9-10H2,1H3,(H,16,17). The van der Waals surface area contributed by atoms with Crippen LogP contribution in [0.15, 0.2) is 24.4 Å². The van der Waals surface area contributed by atoms with E-state index in [2.05, 4.69) is 22.5 Å². The number of hydrogen-bond donors (Lipinski definition) is 2. The van der Waals surface area contributed by atoms with Gasteiger partial charge in [-0.25, -0.2) is 0 Å². The van der Waals surface area contributed by atoms with E-state index < -0.39 is 0 Å². The van der Waals surface area contributed by atoms with Gasteiger partial charge in [0.1, 0.15) is 0 Å². The molecule has 1 aromatic heterocycles. The fourth-order valence-corrected chi connectivity index (χ4v) is 2.11. The molecule has 1 fully saturated rings. The van der Waals surface area contributed by atoms with Gasteiger partial charge in [-0.1, -0.05) is 6.07 Å². The number of pyridine rings is 1. The predicted octanol–water partition coefficient (Wildman–Crippen LogP) is 0.882. The van der Waals surface area contributed by atoms with Gasteiger partial charge in [-0.15, -0.1) is 0 Å². The molecule has 1 unspecified atom stereocenters. The van der Waals surface area contributed by atoms with Gasteiger partial charge < -0.3 is 10.6 Å². The molecule has 0 bridgehead atoms. The first kappa shape index (κ1) is 12.0. The Labute approximate surface area is 102 Å². The van der Waals surface area contributed by atoms with E-state index in [1.54, 1.807) is 6.20 Å². The minimum atomic E-state index is -0.0683. The lowest BCUT2D eigenvalue weighted by Crippen LogP contribution is -2.47. The molecule has 0 radical (unpaired) electrons. The number of aromatic nitrogens is 1. The van der Waals surface area contributed by atoms with E-state index in [9.17, 15) is 4.79 Å².